The summed E-state index contributed by atoms with van der Waals surface area (Å²) in [7, 11) is 1.60. The summed E-state index contributed by atoms with van der Waals surface area (Å²) < 4.78 is 15.6. The van der Waals surface area contributed by atoms with Crippen molar-refractivity contribution in [1.29, 1.82) is 0 Å². The lowest BCUT2D eigenvalue weighted by Gasteiger charge is -2.08. The number of amides is 1. The van der Waals surface area contributed by atoms with Crippen LogP contribution in [0.2, 0.25) is 0 Å². The fourth-order valence-electron chi connectivity index (χ4n) is 2.13. The molecule has 0 heterocycles. The largest absolute Gasteiger partial charge is 0.497 e. The molecule has 0 unspecified atom stereocenters. The van der Waals surface area contributed by atoms with E-state index in [0.717, 1.165) is 11.3 Å². The van der Waals surface area contributed by atoms with E-state index in [4.69, 9.17) is 14.2 Å². The van der Waals surface area contributed by atoms with Crippen LogP contribution >= 0.6 is 0 Å². The van der Waals surface area contributed by atoms with E-state index in [1.807, 2.05) is 19.1 Å². The van der Waals surface area contributed by atoms with E-state index in [1.165, 1.54) is 0 Å². The van der Waals surface area contributed by atoms with Crippen molar-refractivity contribution >= 4 is 17.6 Å². The first-order valence-electron chi connectivity index (χ1n) is 8.36. The second-order valence-corrected chi connectivity index (χ2v) is 5.70. The number of esters is 1. The molecule has 0 bridgehead atoms. The molecule has 6 nitrogen and oxygen atoms in total. The molecule has 2 aromatic rings. The Labute approximate surface area is 153 Å². The molecule has 0 fully saturated rings. The maximum Gasteiger partial charge on any atom is 0.306 e. The number of hydrogen-bond donors (Lipinski definition) is 1. The number of ether oxygens (including phenoxy) is 3. The molecule has 2 rings (SSSR count). The zero-order valence-corrected chi connectivity index (χ0v) is 15.0. The fraction of sp³-hybridized carbons (Fsp3) is 0.300. The molecule has 0 aliphatic carbocycles. The molecule has 0 atom stereocenters. The molecule has 0 radical (unpaired) electrons. The molecular weight excluding hydrogens is 334 g/mol. The van der Waals surface area contributed by atoms with Gasteiger partial charge in [-0.2, -0.15) is 0 Å². The average Bonchev–Trinajstić information content (AvgIpc) is 2.66. The van der Waals surface area contributed by atoms with Crippen LogP contribution in [-0.4, -0.2) is 32.2 Å². The summed E-state index contributed by atoms with van der Waals surface area (Å²) in [5.41, 5.74) is 1.77. The van der Waals surface area contributed by atoms with Gasteiger partial charge in [0.15, 0.2) is 6.61 Å². The molecule has 1 amide bonds. The molecule has 2 aromatic carbocycles. The number of hydrogen-bond acceptors (Lipinski definition) is 5. The van der Waals surface area contributed by atoms with Crippen molar-refractivity contribution in [3.05, 3.63) is 54.1 Å². The molecule has 0 aromatic heterocycles. The Hall–Kier alpha value is -3.02. The highest BCUT2D eigenvalue weighted by molar-refractivity contribution is 5.92. The number of anilines is 1. The van der Waals surface area contributed by atoms with Crippen molar-refractivity contribution in [1.82, 2.24) is 0 Å². The molecule has 0 saturated heterocycles. The first-order valence-corrected chi connectivity index (χ1v) is 8.36. The predicted octanol–water partition coefficient (Wildman–Crippen LogP) is 3.34. The van der Waals surface area contributed by atoms with Crippen LogP contribution in [0.3, 0.4) is 0 Å². The van der Waals surface area contributed by atoms with Crippen LogP contribution < -0.4 is 14.8 Å². The summed E-state index contributed by atoms with van der Waals surface area (Å²) in [5.74, 6) is 0.667. The van der Waals surface area contributed by atoms with Crippen LogP contribution in [0.4, 0.5) is 5.69 Å². The Bertz CT molecular complexity index is 710. The predicted molar refractivity (Wildman–Crippen MR) is 98.5 cm³/mol. The molecule has 0 spiro atoms. The fourth-order valence-corrected chi connectivity index (χ4v) is 2.13. The van der Waals surface area contributed by atoms with Crippen LogP contribution in [0.25, 0.3) is 0 Å². The van der Waals surface area contributed by atoms with Gasteiger partial charge in [-0.3, -0.25) is 9.59 Å². The minimum atomic E-state index is -0.428. The second kappa shape index (κ2) is 10.1. The highest BCUT2D eigenvalue weighted by atomic mass is 16.5. The summed E-state index contributed by atoms with van der Waals surface area (Å²) in [6, 6.07) is 14.6. The smallest absolute Gasteiger partial charge is 0.306 e. The SMILES string of the molecule is COc1ccc(OCCCC(=O)OCC(=O)Nc2ccc(C)cc2)cc1. The maximum atomic E-state index is 11.7. The van der Waals surface area contributed by atoms with Gasteiger partial charge in [0.05, 0.1) is 13.7 Å². The van der Waals surface area contributed by atoms with Gasteiger partial charge >= 0.3 is 5.97 Å². The van der Waals surface area contributed by atoms with E-state index in [1.54, 1.807) is 43.5 Å². The Balaban J connectivity index is 1.59. The van der Waals surface area contributed by atoms with Crippen LogP contribution in [0.15, 0.2) is 48.5 Å². The van der Waals surface area contributed by atoms with Gasteiger partial charge in [-0.05, 0) is 49.7 Å². The molecule has 1 N–H and O–H groups in total. The molecular formula is C20H23NO5. The maximum absolute atomic E-state index is 11.7. The number of carbonyl (C=O) groups is 2. The number of carbonyl (C=O) groups excluding carboxylic acids is 2. The molecule has 0 aliphatic heterocycles. The van der Waals surface area contributed by atoms with Crippen molar-refractivity contribution in [3.63, 3.8) is 0 Å². The van der Waals surface area contributed by atoms with Crippen LogP contribution in [0.1, 0.15) is 18.4 Å². The van der Waals surface area contributed by atoms with Crippen molar-refractivity contribution < 1.29 is 23.8 Å². The third-order valence-corrected chi connectivity index (χ3v) is 3.55. The van der Waals surface area contributed by atoms with Gasteiger partial charge < -0.3 is 19.5 Å². The normalized spacial score (nSPS) is 10.1. The number of nitrogens with one attached hydrogen (secondary N) is 1. The second-order valence-electron chi connectivity index (χ2n) is 5.70. The quantitative estimate of drug-likeness (QED) is 0.550. The summed E-state index contributed by atoms with van der Waals surface area (Å²) in [4.78, 5) is 23.4. The van der Waals surface area contributed by atoms with E-state index in [2.05, 4.69) is 5.32 Å². The van der Waals surface area contributed by atoms with Gasteiger partial charge in [-0.1, -0.05) is 17.7 Å². The minimum Gasteiger partial charge on any atom is -0.497 e. The summed E-state index contributed by atoms with van der Waals surface area (Å²) >= 11 is 0. The van der Waals surface area contributed by atoms with Gasteiger partial charge in [-0.25, -0.2) is 0 Å². The van der Waals surface area contributed by atoms with Crippen molar-refractivity contribution in [2.45, 2.75) is 19.8 Å². The zero-order valence-electron chi connectivity index (χ0n) is 15.0. The number of methoxy groups -OCH3 is 1. The number of rotatable bonds is 9. The van der Waals surface area contributed by atoms with Gasteiger partial charge in [-0.15, -0.1) is 0 Å². The Morgan fingerprint density at radius 1 is 0.962 bits per heavy atom. The van der Waals surface area contributed by atoms with E-state index in [9.17, 15) is 9.59 Å². The molecule has 0 saturated carbocycles. The van der Waals surface area contributed by atoms with Gasteiger partial charge in [0.25, 0.3) is 5.91 Å². The van der Waals surface area contributed by atoms with Crippen molar-refractivity contribution in [2.75, 3.05) is 25.6 Å². The lowest BCUT2D eigenvalue weighted by molar-refractivity contribution is -0.147. The summed E-state index contributed by atoms with van der Waals surface area (Å²) in [6.45, 7) is 2.05. The summed E-state index contributed by atoms with van der Waals surface area (Å²) in [5, 5.41) is 2.67. The van der Waals surface area contributed by atoms with E-state index < -0.39 is 5.97 Å². The third-order valence-electron chi connectivity index (χ3n) is 3.55. The molecule has 0 aliphatic rings. The molecule has 6 heteroatoms. The minimum absolute atomic E-state index is 0.188. The third kappa shape index (κ3) is 6.84. The van der Waals surface area contributed by atoms with Crippen LogP contribution in [0.5, 0.6) is 11.5 Å². The Morgan fingerprint density at radius 2 is 1.62 bits per heavy atom. The van der Waals surface area contributed by atoms with Gasteiger partial charge in [0, 0.05) is 12.1 Å². The number of aryl methyl sites for hydroxylation is 1. The summed E-state index contributed by atoms with van der Waals surface area (Å²) in [6.07, 6.45) is 0.693. The lowest BCUT2D eigenvalue weighted by atomic mass is 10.2. The lowest BCUT2D eigenvalue weighted by Crippen LogP contribution is -2.21. The van der Waals surface area contributed by atoms with Crippen LogP contribution in [-0.2, 0) is 14.3 Å². The zero-order chi connectivity index (χ0) is 18.8. The van der Waals surface area contributed by atoms with Gasteiger partial charge in [0.1, 0.15) is 11.5 Å². The van der Waals surface area contributed by atoms with Crippen LogP contribution in [0, 0.1) is 6.92 Å². The first kappa shape index (κ1) is 19.3. The molecule has 138 valence electrons. The highest BCUT2D eigenvalue weighted by Gasteiger charge is 2.08. The first-order chi connectivity index (χ1) is 12.6. The monoisotopic (exact) mass is 357 g/mol. The standard InChI is InChI=1S/C20H23NO5/c1-15-5-7-16(8-6-15)21-19(22)14-26-20(23)4-3-13-25-18-11-9-17(24-2)10-12-18/h5-12H,3-4,13-14H2,1-2H3,(H,21,22). The van der Waals surface area contributed by atoms with Crippen molar-refractivity contribution in [3.8, 4) is 11.5 Å². The topological polar surface area (TPSA) is 73.9 Å². The average molecular weight is 357 g/mol. The molecule has 26 heavy (non-hydrogen) atoms. The van der Waals surface area contributed by atoms with Gasteiger partial charge in [0.2, 0.25) is 0 Å². The highest BCUT2D eigenvalue weighted by Crippen LogP contribution is 2.17. The number of benzene rings is 2. The van der Waals surface area contributed by atoms with E-state index >= 15 is 0 Å². The van der Waals surface area contributed by atoms with E-state index in [0.29, 0.717) is 24.5 Å². The van der Waals surface area contributed by atoms with Crippen molar-refractivity contribution in [2.24, 2.45) is 0 Å². The Kier molecular flexibility index (Phi) is 7.49. The van der Waals surface area contributed by atoms with E-state index in [-0.39, 0.29) is 18.9 Å². The Morgan fingerprint density at radius 3 is 2.27 bits per heavy atom.